The second kappa shape index (κ2) is 7.95. The molecule has 1 aromatic carbocycles. The Kier molecular flexibility index (Phi) is 4.99. The predicted molar refractivity (Wildman–Crippen MR) is 118 cm³/mol. The minimum atomic E-state index is -2.30. The first-order valence-corrected chi connectivity index (χ1v) is 10.7. The number of aromatic amines is 2. The number of nitrogens with one attached hydrogen (secondary N) is 3. The maximum absolute atomic E-state index is 12.5. The third-order valence-corrected chi connectivity index (χ3v) is 5.64. The van der Waals surface area contributed by atoms with Gasteiger partial charge in [-0.15, -0.1) is 0 Å². The molecule has 0 aliphatic rings. The van der Waals surface area contributed by atoms with Gasteiger partial charge in [0.05, 0.1) is 0 Å². The second-order valence-electron chi connectivity index (χ2n) is 7.25. The first-order chi connectivity index (χ1) is 15.1. The summed E-state index contributed by atoms with van der Waals surface area (Å²) in [5.74, 6) is 0. The molecule has 0 aliphatic heterocycles. The Morgan fingerprint density at radius 2 is 1.97 bits per heavy atom. The van der Waals surface area contributed by atoms with Crippen LogP contribution in [0.4, 0.5) is 0 Å². The van der Waals surface area contributed by atoms with Crippen LogP contribution in [0.25, 0.3) is 27.7 Å². The normalized spacial score (nSPS) is 12.5. The Bertz CT molecular complexity index is 1480. The van der Waals surface area contributed by atoms with Crippen molar-refractivity contribution in [2.75, 3.05) is 0 Å². The largest absolute Gasteiger partial charge is 0.760 e. The lowest BCUT2D eigenvalue weighted by molar-refractivity contribution is 0.522. The number of benzene rings is 1. The first-order valence-electron chi connectivity index (χ1n) is 9.64. The van der Waals surface area contributed by atoms with Gasteiger partial charge in [0.25, 0.3) is 5.56 Å². The molecule has 0 saturated carbocycles. The summed E-state index contributed by atoms with van der Waals surface area (Å²) in [6, 6.07) is 13.4. The zero-order chi connectivity index (χ0) is 21.4. The summed E-state index contributed by atoms with van der Waals surface area (Å²) in [5, 5.41) is 0.993. The van der Waals surface area contributed by atoms with Crippen LogP contribution in [-0.2, 0) is 24.2 Å². The average molecular weight is 432 g/mol. The van der Waals surface area contributed by atoms with Crippen LogP contribution in [0.5, 0.6) is 0 Å². The molecule has 4 aromatic heterocycles. The van der Waals surface area contributed by atoms with Crippen LogP contribution in [0.1, 0.15) is 16.8 Å². The number of nitrogens with zero attached hydrogens (tertiary/aromatic N) is 2. The summed E-state index contributed by atoms with van der Waals surface area (Å²) >= 11 is -2.30. The van der Waals surface area contributed by atoms with Crippen LogP contribution in [-0.4, -0.2) is 28.1 Å². The Labute approximate surface area is 179 Å². The number of rotatable bonds is 6. The zero-order valence-electron chi connectivity index (χ0n) is 16.3. The molecule has 0 aliphatic carbocycles. The van der Waals surface area contributed by atoms with Gasteiger partial charge in [0.2, 0.25) is 0 Å². The van der Waals surface area contributed by atoms with E-state index in [-0.39, 0.29) is 12.1 Å². The molecule has 31 heavy (non-hydrogen) atoms. The van der Waals surface area contributed by atoms with Crippen molar-refractivity contribution in [3.8, 4) is 11.1 Å². The smallest absolute Gasteiger partial charge is 0.272 e. The number of fused-ring (bicyclic) bond motifs is 2. The highest BCUT2D eigenvalue weighted by molar-refractivity contribution is 7.77. The van der Waals surface area contributed by atoms with Gasteiger partial charge < -0.3 is 18.9 Å². The summed E-state index contributed by atoms with van der Waals surface area (Å²) in [5.41, 5.74) is 5.89. The van der Waals surface area contributed by atoms with Crippen molar-refractivity contribution in [3.05, 3.63) is 94.4 Å². The van der Waals surface area contributed by atoms with E-state index in [1.807, 2.05) is 59.3 Å². The SMILES string of the molecule is O=c1[nH]cc(Cc2cccc(CNS(=O)[O-])c2)n2cc(-c3c[nH]c4ncccc34)cc12. The molecule has 5 aromatic rings. The van der Waals surface area contributed by atoms with Crippen LogP contribution in [0, 0.1) is 0 Å². The van der Waals surface area contributed by atoms with Crippen molar-refractivity contribution in [1.29, 1.82) is 0 Å². The molecule has 156 valence electrons. The van der Waals surface area contributed by atoms with Crippen molar-refractivity contribution in [1.82, 2.24) is 24.1 Å². The van der Waals surface area contributed by atoms with Gasteiger partial charge in [0, 0.05) is 71.2 Å². The molecule has 0 fully saturated rings. The van der Waals surface area contributed by atoms with E-state index >= 15 is 0 Å². The van der Waals surface area contributed by atoms with Gasteiger partial charge >= 0.3 is 0 Å². The molecule has 9 heteroatoms. The van der Waals surface area contributed by atoms with Crippen LogP contribution in [0.2, 0.25) is 0 Å². The van der Waals surface area contributed by atoms with E-state index in [0.717, 1.165) is 39.0 Å². The fourth-order valence-corrected chi connectivity index (χ4v) is 4.13. The summed E-state index contributed by atoms with van der Waals surface area (Å²) in [6.45, 7) is 0.229. The van der Waals surface area contributed by atoms with E-state index in [1.54, 1.807) is 12.4 Å². The highest BCUT2D eigenvalue weighted by atomic mass is 32.2. The Balaban J connectivity index is 1.53. The standard InChI is InChI=1S/C22H19N5O3S/c28-22-20-9-16(19-12-24-21-18(19)5-2-6-23-21)13-27(20)17(11-25-22)8-14-3-1-4-15(7-14)10-26-31(29)30/h1-7,9,11-13,26H,8,10H2,(H,23,24)(H,25,28)(H,29,30)/p-1. The van der Waals surface area contributed by atoms with Gasteiger partial charge in [-0.1, -0.05) is 24.3 Å². The third-order valence-electron chi connectivity index (χ3n) is 5.26. The van der Waals surface area contributed by atoms with E-state index in [4.69, 9.17) is 0 Å². The van der Waals surface area contributed by atoms with Gasteiger partial charge in [-0.2, -0.15) is 0 Å². The van der Waals surface area contributed by atoms with E-state index in [0.29, 0.717) is 11.9 Å². The Hall–Kier alpha value is -3.53. The molecule has 5 rings (SSSR count). The summed E-state index contributed by atoms with van der Waals surface area (Å²) < 4.78 is 25.8. The van der Waals surface area contributed by atoms with Crippen molar-refractivity contribution < 1.29 is 8.76 Å². The van der Waals surface area contributed by atoms with Gasteiger partial charge in [-0.25, -0.2) is 9.71 Å². The van der Waals surface area contributed by atoms with E-state index in [2.05, 4.69) is 19.7 Å². The van der Waals surface area contributed by atoms with Crippen LogP contribution < -0.4 is 10.3 Å². The number of pyridine rings is 1. The van der Waals surface area contributed by atoms with E-state index < -0.39 is 11.3 Å². The predicted octanol–water partition coefficient (Wildman–Crippen LogP) is 2.65. The molecule has 0 bridgehead atoms. The van der Waals surface area contributed by atoms with Crippen LogP contribution in [0.3, 0.4) is 0 Å². The van der Waals surface area contributed by atoms with E-state index in [9.17, 15) is 13.6 Å². The van der Waals surface area contributed by atoms with E-state index in [1.165, 1.54) is 0 Å². The molecule has 0 saturated heterocycles. The summed E-state index contributed by atoms with van der Waals surface area (Å²) in [7, 11) is 0. The highest BCUT2D eigenvalue weighted by Gasteiger charge is 2.13. The summed E-state index contributed by atoms with van der Waals surface area (Å²) in [6.07, 6.45) is 7.89. The zero-order valence-corrected chi connectivity index (χ0v) is 17.1. The molecule has 1 atom stereocenters. The van der Waals surface area contributed by atoms with Crippen molar-refractivity contribution >= 4 is 27.8 Å². The lowest BCUT2D eigenvalue weighted by Crippen LogP contribution is -2.15. The molecular weight excluding hydrogens is 414 g/mol. The maximum Gasteiger partial charge on any atom is 0.272 e. The van der Waals surface area contributed by atoms with Crippen LogP contribution in [0.15, 0.2) is 72.0 Å². The molecule has 0 spiro atoms. The van der Waals surface area contributed by atoms with Gasteiger partial charge in [0.15, 0.2) is 0 Å². The quantitative estimate of drug-likeness (QED) is 0.358. The van der Waals surface area contributed by atoms with Gasteiger partial charge in [0.1, 0.15) is 11.2 Å². The number of H-pyrrole nitrogens is 2. The van der Waals surface area contributed by atoms with Crippen molar-refractivity contribution in [2.45, 2.75) is 13.0 Å². The van der Waals surface area contributed by atoms with Gasteiger partial charge in [-0.05, 0) is 29.3 Å². The molecule has 3 N–H and O–H groups in total. The fraction of sp³-hybridized carbons (Fsp3) is 0.0909. The van der Waals surface area contributed by atoms with Crippen molar-refractivity contribution in [3.63, 3.8) is 0 Å². The number of hydrogen-bond acceptors (Lipinski definition) is 4. The highest BCUT2D eigenvalue weighted by Crippen LogP contribution is 2.29. The topological polar surface area (TPSA) is 118 Å². The maximum atomic E-state index is 12.5. The Morgan fingerprint density at radius 3 is 2.84 bits per heavy atom. The molecular formula is C22H18N5O3S-. The molecule has 1 unspecified atom stereocenters. The minimum absolute atomic E-state index is 0.163. The fourth-order valence-electron chi connectivity index (χ4n) is 3.85. The van der Waals surface area contributed by atoms with Crippen LogP contribution >= 0.6 is 0 Å². The first kappa shape index (κ1) is 19.4. The number of hydrogen-bond donors (Lipinski definition) is 3. The molecule has 0 radical (unpaired) electrons. The molecule has 0 amide bonds. The average Bonchev–Trinajstić information content (AvgIpc) is 3.40. The lowest BCUT2D eigenvalue weighted by atomic mass is 10.1. The number of aromatic nitrogens is 4. The molecule has 4 heterocycles. The Morgan fingerprint density at radius 1 is 1.10 bits per heavy atom. The summed E-state index contributed by atoms with van der Waals surface area (Å²) in [4.78, 5) is 22.8. The molecule has 8 nitrogen and oxygen atoms in total. The lowest BCUT2D eigenvalue weighted by Gasteiger charge is -2.10. The monoisotopic (exact) mass is 432 g/mol. The second-order valence-corrected chi connectivity index (χ2v) is 8.01. The van der Waals surface area contributed by atoms with Crippen molar-refractivity contribution in [2.24, 2.45) is 0 Å². The third kappa shape index (κ3) is 3.81. The minimum Gasteiger partial charge on any atom is -0.760 e. The van der Waals surface area contributed by atoms with Gasteiger partial charge in [-0.3, -0.25) is 9.00 Å².